The molecule has 1 atom stereocenters. The maximum absolute atomic E-state index is 11.8. The van der Waals surface area contributed by atoms with Gasteiger partial charge in [-0.05, 0) is 31.4 Å². The molecule has 1 unspecified atom stereocenters. The molecule has 0 aliphatic rings. The number of nitrogens with zero attached hydrogens (tertiary/aromatic N) is 1. The lowest BCUT2D eigenvalue weighted by atomic mass is 10.1. The van der Waals surface area contributed by atoms with Crippen LogP contribution in [0.3, 0.4) is 0 Å². The SMILES string of the molecule is CC(C)CC(C)OCC(=O)c1ccc([N+](=O)[O-])cc1. The first-order chi connectivity index (χ1) is 8.90. The number of non-ortho nitro benzene ring substituents is 1. The van der Waals surface area contributed by atoms with E-state index in [1.165, 1.54) is 24.3 Å². The van der Waals surface area contributed by atoms with E-state index in [1.54, 1.807) is 0 Å². The third kappa shape index (κ3) is 5.18. The molecule has 0 bridgehead atoms. The summed E-state index contributed by atoms with van der Waals surface area (Å²) in [7, 11) is 0. The summed E-state index contributed by atoms with van der Waals surface area (Å²) in [6.45, 7) is 6.13. The molecule has 1 rings (SSSR count). The van der Waals surface area contributed by atoms with Crippen LogP contribution < -0.4 is 0 Å². The Bertz CT molecular complexity index is 439. The molecule has 0 heterocycles. The van der Waals surface area contributed by atoms with Gasteiger partial charge in [0.1, 0.15) is 6.61 Å². The Balaban J connectivity index is 2.52. The number of ketones is 1. The van der Waals surface area contributed by atoms with Crippen molar-refractivity contribution in [3.8, 4) is 0 Å². The van der Waals surface area contributed by atoms with E-state index >= 15 is 0 Å². The summed E-state index contributed by atoms with van der Waals surface area (Å²) >= 11 is 0. The van der Waals surface area contributed by atoms with Crippen molar-refractivity contribution in [2.24, 2.45) is 5.92 Å². The molecule has 0 amide bonds. The van der Waals surface area contributed by atoms with Gasteiger partial charge in [-0.15, -0.1) is 0 Å². The molecule has 19 heavy (non-hydrogen) atoms. The Morgan fingerprint density at radius 2 is 1.84 bits per heavy atom. The lowest BCUT2D eigenvalue weighted by Crippen LogP contribution is -2.17. The molecule has 5 nitrogen and oxygen atoms in total. The first-order valence-corrected chi connectivity index (χ1v) is 6.29. The number of nitro benzene ring substituents is 1. The van der Waals surface area contributed by atoms with Crippen LogP contribution in [0.2, 0.25) is 0 Å². The second kappa shape index (κ2) is 6.99. The maximum Gasteiger partial charge on any atom is 0.269 e. The fourth-order valence-electron chi connectivity index (χ4n) is 1.80. The maximum atomic E-state index is 11.8. The lowest BCUT2D eigenvalue weighted by molar-refractivity contribution is -0.384. The molecule has 1 aromatic carbocycles. The minimum Gasteiger partial charge on any atom is -0.370 e. The first-order valence-electron chi connectivity index (χ1n) is 6.29. The summed E-state index contributed by atoms with van der Waals surface area (Å²) in [5, 5.41) is 10.5. The van der Waals surface area contributed by atoms with Crippen LogP contribution >= 0.6 is 0 Å². The highest BCUT2D eigenvalue weighted by Gasteiger charge is 2.12. The largest absolute Gasteiger partial charge is 0.370 e. The van der Waals surface area contributed by atoms with E-state index in [4.69, 9.17) is 4.74 Å². The van der Waals surface area contributed by atoms with Crippen LogP contribution in [-0.4, -0.2) is 23.4 Å². The summed E-state index contributed by atoms with van der Waals surface area (Å²) in [6.07, 6.45) is 0.926. The molecule has 0 saturated heterocycles. The molecule has 0 saturated carbocycles. The van der Waals surface area contributed by atoms with Gasteiger partial charge >= 0.3 is 0 Å². The Labute approximate surface area is 112 Å². The van der Waals surface area contributed by atoms with Crippen LogP contribution in [0.15, 0.2) is 24.3 Å². The van der Waals surface area contributed by atoms with Gasteiger partial charge in [-0.2, -0.15) is 0 Å². The molecule has 0 spiro atoms. The fraction of sp³-hybridized carbons (Fsp3) is 0.500. The number of ether oxygens (including phenoxy) is 1. The summed E-state index contributed by atoms with van der Waals surface area (Å²) in [5.74, 6) is 0.356. The highest BCUT2D eigenvalue weighted by atomic mass is 16.6. The molecule has 0 aromatic heterocycles. The third-order valence-corrected chi connectivity index (χ3v) is 2.70. The van der Waals surface area contributed by atoms with Crippen LogP contribution in [0, 0.1) is 16.0 Å². The second-order valence-corrected chi connectivity index (χ2v) is 4.98. The van der Waals surface area contributed by atoms with Gasteiger partial charge in [0.15, 0.2) is 5.78 Å². The summed E-state index contributed by atoms with van der Waals surface area (Å²) < 4.78 is 5.46. The first kappa shape index (κ1) is 15.3. The number of carbonyl (C=O) groups excluding carboxylic acids is 1. The second-order valence-electron chi connectivity index (χ2n) is 4.98. The van der Waals surface area contributed by atoms with Crippen molar-refractivity contribution < 1.29 is 14.5 Å². The number of nitro groups is 1. The molecule has 0 aliphatic carbocycles. The molecule has 104 valence electrons. The van der Waals surface area contributed by atoms with Crippen molar-refractivity contribution in [2.45, 2.75) is 33.3 Å². The lowest BCUT2D eigenvalue weighted by Gasteiger charge is -2.14. The number of rotatable bonds is 7. The van der Waals surface area contributed by atoms with Crippen LogP contribution in [0.5, 0.6) is 0 Å². The van der Waals surface area contributed by atoms with Crippen molar-refractivity contribution in [2.75, 3.05) is 6.61 Å². The Kier molecular flexibility index (Phi) is 5.63. The molecule has 0 aliphatic heterocycles. The average molecular weight is 265 g/mol. The normalized spacial score (nSPS) is 12.4. The quantitative estimate of drug-likeness (QED) is 0.431. The summed E-state index contributed by atoms with van der Waals surface area (Å²) in [5.41, 5.74) is 0.410. The molecule has 0 fully saturated rings. The van der Waals surface area contributed by atoms with Gasteiger partial charge in [-0.1, -0.05) is 13.8 Å². The topological polar surface area (TPSA) is 69.4 Å². The highest BCUT2D eigenvalue weighted by molar-refractivity contribution is 5.97. The standard InChI is InChI=1S/C14H19NO4/c1-10(2)8-11(3)19-9-14(16)12-4-6-13(7-5-12)15(17)18/h4-7,10-11H,8-9H2,1-3H3. The summed E-state index contributed by atoms with van der Waals surface area (Å²) in [4.78, 5) is 21.8. The van der Waals surface area contributed by atoms with Gasteiger partial charge in [-0.25, -0.2) is 0 Å². The van der Waals surface area contributed by atoms with Crippen LogP contribution in [0.1, 0.15) is 37.6 Å². The van der Waals surface area contributed by atoms with Crippen molar-refractivity contribution in [3.05, 3.63) is 39.9 Å². The van der Waals surface area contributed by atoms with Crippen LogP contribution in [0.25, 0.3) is 0 Å². The highest BCUT2D eigenvalue weighted by Crippen LogP contribution is 2.13. The molecule has 5 heteroatoms. The number of hydrogen-bond donors (Lipinski definition) is 0. The third-order valence-electron chi connectivity index (χ3n) is 2.70. The summed E-state index contributed by atoms with van der Waals surface area (Å²) in [6, 6.07) is 5.56. The number of hydrogen-bond acceptors (Lipinski definition) is 4. The fourth-order valence-corrected chi connectivity index (χ4v) is 1.80. The molecular formula is C14H19NO4. The van der Waals surface area contributed by atoms with E-state index in [0.717, 1.165) is 6.42 Å². The van der Waals surface area contributed by atoms with Gasteiger partial charge in [0, 0.05) is 17.7 Å². The van der Waals surface area contributed by atoms with Crippen LogP contribution in [-0.2, 0) is 4.74 Å². The van der Waals surface area contributed by atoms with E-state index in [-0.39, 0.29) is 24.2 Å². The van der Waals surface area contributed by atoms with Gasteiger partial charge in [0.05, 0.1) is 11.0 Å². The van der Waals surface area contributed by atoms with Crippen molar-refractivity contribution >= 4 is 11.5 Å². The van der Waals surface area contributed by atoms with Gasteiger partial charge in [0.25, 0.3) is 5.69 Å². The Morgan fingerprint density at radius 1 is 1.26 bits per heavy atom. The zero-order chi connectivity index (χ0) is 14.4. The zero-order valence-electron chi connectivity index (χ0n) is 11.5. The molecule has 1 aromatic rings. The molecular weight excluding hydrogens is 246 g/mol. The van der Waals surface area contributed by atoms with E-state index in [9.17, 15) is 14.9 Å². The minimum absolute atomic E-state index is 0.00565. The van der Waals surface area contributed by atoms with Gasteiger partial charge in [-0.3, -0.25) is 14.9 Å². The van der Waals surface area contributed by atoms with E-state index in [0.29, 0.717) is 11.5 Å². The number of benzene rings is 1. The van der Waals surface area contributed by atoms with Crippen molar-refractivity contribution in [1.82, 2.24) is 0 Å². The number of Topliss-reactive ketones (excluding diaryl/α,β-unsaturated/α-hetero) is 1. The van der Waals surface area contributed by atoms with Gasteiger partial charge in [0.2, 0.25) is 0 Å². The molecule has 0 N–H and O–H groups in total. The average Bonchev–Trinajstić information content (AvgIpc) is 2.35. The smallest absolute Gasteiger partial charge is 0.269 e. The van der Waals surface area contributed by atoms with E-state index < -0.39 is 4.92 Å². The van der Waals surface area contributed by atoms with Crippen LogP contribution in [0.4, 0.5) is 5.69 Å². The monoisotopic (exact) mass is 265 g/mol. The van der Waals surface area contributed by atoms with Gasteiger partial charge < -0.3 is 4.74 Å². The predicted octanol–water partition coefficient (Wildman–Crippen LogP) is 3.23. The number of carbonyl (C=O) groups is 1. The Hall–Kier alpha value is -1.75. The van der Waals surface area contributed by atoms with Crippen molar-refractivity contribution in [3.63, 3.8) is 0 Å². The Morgan fingerprint density at radius 3 is 2.32 bits per heavy atom. The zero-order valence-corrected chi connectivity index (χ0v) is 11.5. The van der Waals surface area contributed by atoms with Crippen molar-refractivity contribution in [1.29, 1.82) is 0 Å². The van der Waals surface area contributed by atoms with E-state index in [2.05, 4.69) is 13.8 Å². The van der Waals surface area contributed by atoms with E-state index in [1.807, 2.05) is 6.92 Å². The minimum atomic E-state index is -0.491. The predicted molar refractivity (Wildman–Crippen MR) is 72.3 cm³/mol. The molecule has 0 radical (unpaired) electrons.